The first-order valence-corrected chi connectivity index (χ1v) is 8.87. The molecule has 1 aliphatic heterocycles. The predicted octanol–water partition coefficient (Wildman–Crippen LogP) is 0.736. The van der Waals surface area contributed by atoms with Gasteiger partial charge >= 0.3 is 0 Å². The summed E-state index contributed by atoms with van der Waals surface area (Å²) in [7, 11) is 1.63. The maximum Gasteiger partial charge on any atom is 0.271 e. The van der Waals surface area contributed by atoms with E-state index in [1.54, 1.807) is 18.2 Å². The molecule has 1 fully saturated rings. The lowest BCUT2D eigenvalue weighted by atomic mass is 10.1. The molecule has 1 aliphatic rings. The molecule has 1 aromatic heterocycles. The Balaban J connectivity index is 1.51. The number of ether oxygens (including phenoxy) is 1. The Kier molecular flexibility index (Phi) is 6.19. The van der Waals surface area contributed by atoms with Gasteiger partial charge in [0.15, 0.2) is 0 Å². The Morgan fingerprint density at radius 1 is 1.19 bits per heavy atom. The summed E-state index contributed by atoms with van der Waals surface area (Å²) in [6, 6.07) is 7.73. The van der Waals surface area contributed by atoms with Crippen molar-refractivity contribution in [2.24, 2.45) is 0 Å². The van der Waals surface area contributed by atoms with Crippen molar-refractivity contribution in [2.75, 3.05) is 44.7 Å². The minimum absolute atomic E-state index is 0.255. The van der Waals surface area contributed by atoms with Gasteiger partial charge in [-0.15, -0.1) is 0 Å². The van der Waals surface area contributed by atoms with Crippen molar-refractivity contribution in [1.29, 1.82) is 0 Å². The zero-order valence-corrected chi connectivity index (χ0v) is 15.3. The maximum atomic E-state index is 12.3. The molecule has 1 N–H and O–H groups in total. The smallest absolute Gasteiger partial charge is 0.271 e. The van der Waals surface area contributed by atoms with Gasteiger partial charge in [-0.05, 0) is 18.1 Å². The number of hydrogen-bond donors (Lipinski definition) is 1. The third-order valence-electron chi connectivity index (χ3n) is 4.53. The minimum Gasteiger partial charge on any atom is -0.496 e. The number of benzene rings is 1. The van der Waals surface area contributed by atoms with Gasteiger partial charge in [-0.3, -0.25) is 9.59 Å². The lowest BCUT2D eigenvalue weighted by molar-refractivity contribution is -0.118. The van der Waals surface area contributed by atoms with Crippen LogP contribution in [0.2, 0.25) is 0 Å². The molecule has 0 spiro atoms. The number of para-hydroxylation sites is 1. The highest BCUT2D eigenvalue weighted by molar-refractivity contribution is 5.92. The Bertz CT molecular complexity index is 773. The van der Waals surface area contributed by atoms with Crippen LogP contribution >= 0.6 is 0 Å². The van der Waals surface area contributed by atoms with Crippen LogP contribution in [0.5, 0.6) is 5.75 Å². The first kappa shape index (κ1) is 18.6. The zero-order chi connectivity index (χ0) is 19.1. The fourth-order valence-electron chi connectivity index (χ4n) is 2.97. The van der Waals surface area contributed by atoms with Gasteiger partial charge in [0, 0.05) is 32.7 Å². The van der Waals surface area contributed by atoms with E-state index in [9.17, 15) is 9.59 Å². The highest BCUT2D eigenvalue weighted by Gasteiger charge is 2.17. The number of nitrogens with zero attached hydrogens (tertiary/aromatic N) is 4. The van der Waals surface area contributed by atoms with E-state index in [2.05, 4.69) is 20.2 Å². The number of rotatable bonds is 7. The molecule has 0 atom stereocenters. The quantitative estimate of drug-likeness (QED) is 0.724. The molecule has 2 amide bonds. The van der Waals surface area contributed by atoms with Gasteiger partial charge in [0.05, 0.1) is 19.5 Å². The van der Waals surface area contributed by atoms with Crippen LogP contribution in [0.15, 0.2) is 36.7 Å². The summed E-state index contributed by atoms with van der Waals surface area (Å²) in [5.74, 6) is 1.27. The van der Waals surface area contributed by atoms with Gasteiger partial charge in [-0.25, -0.2) is 9.97 Å². The summed E-state index contributed by atoms with van der Waals surface area (Å²) >= 11 is 0. The van der Waals surface area contributed by atoms with E-state index in [4.69, 9.17) is 4.74 Å². The van der Waals surface area contributed by atoms with Crippen molar-refractivity contribution in [3.8, 4) is 5.75 Å². The second kappa shape index (κ2) is 8.98. The molecular formula is C19H23N5O3. The highest BCUT2D eigenvalue weighted by Crippen LogP contribution is 2.17. The maximum absolute atomic E-state index is 12.3. The molecule has 0 aliphatic carbocycles. The zero-order valence-electron chi connectivity index (χ0n) is 15.3. The number of carbonyl (C=O) groups excluding carboxylic acids is 2. The number of hydrogen-bond acceptors (Lipinski definition) is 6. The first-order valence-electron chi connectivity index (χ1n) is 8.87. The molecule has 0 unspecified atom stereocenters. The summed E-state index contributed by atoms with van der Waals surface area (Å²) in [6.07, 6.45) is 4.62. The molecule has 27 heavy (non-hydrogen) atoms. The normalized spacial score (nSPS) is 14.0. The Hall–Kier alpha value is -3.16. The average Bonchev–Trinajstić information content (AvgIpc) is 2.74. The van der Waals surface area contributed by atoms with Gasteiger partial charge < -0.3 is 19.9 Å². The molecule has 8 heteroatoms. The molecule has 3 rings (SSSR count). The van der Waals surface area contributed by atoms with Crippen LogP contribution in [0.3, 0.4) is 0 Å². The number of piperazine rings is 1. The largest absolute Gasteiger partial charge is 0.496 e. The summed E-state index contributed by atoms with van der Waals surface area (Å²) in [6.45, 7) is 3.22. The van der Waals surface area contributed by atoms with Crippen LogP contribution in [-0.4, -0.2) is 67.0 Å². The van der Waals surface area contributed by atoms with E-state index < -0.39 is 0 Å². The fourth-order valence-corrected chi connectivity index (χ4v) is 2.97. The van der Waals surface area contributed by atoms with Crippen LogP contribution in [0, 0.1) is 0 Å². The molecule has 0 saturated carbocycles. The highest BCUT2D eigenvalue weighted by atomic mass is 16.5. The summed E-state index contributed by atoms with van der Waals surface area (Å²) < 4.78 is 5.31. The molecule has 0 radical (unpaired) electrons. The number of anilines is 1. The number of amides is 2. The van der Waals surface area contributed by atoms with Crippen LogP contribution in [-0.2, 0) is 11.2 Å². The van der Waals surface area contributed by atoms with Gasteiger partial charge in [0.2, 0.25) is 6.41 Å². The molecule has 142 valence electrons. The van der Waals surface area contributed by atoms with Gasteiger partial charge in [0.1, 0.15) is 17.3 Å². The topological polar surface area (TPSA) is 87.7 Å². The average molecular weight is 369 g/mol. The van der Waals surface area contributed by atoms with E-state index >= 15 is 0 Å². The van der Waals surface area contributed by atoms with E-state index in [0.29, 0.717) is 45.0 Å². The van der Waals surface area contributed by atoms with E-state index in [-0.39, 0.29) is 11.6 Å². The number of aromatic nitrogens is 2. The monoisotopic (exact) mass is 369 g/mol. The fraction of sp³-hybridized carbons (Fsp3) is 0.368. The van der Waals surface area contributed by atoms with Crippen LogP contribution in [0.4, 0.5) is 5.82 Å². The third-order valence-corrected chi connectivity index (χ3v) is 4.53. The standard InChI is InChI=1S/C19H23N5O3/c1-27-17-5-3-2-4-15(17)6-7-20-19(26)16-12-22-18(13-21-16)24-10-8-23(14-25)9-11-24/h2-5,12-14H,6-11H2,1H3,(H,20,26). The number of nitrogens with one attached hydrogen (secondary N) is 1. The minimum atomic E-state index is -0.255. The van der Waals surface area contributed by atoms with E-state index in [0.717, 1.165) is 17.7 Å². The van der Waals surface area contributed by atoms with Crippen molar-refractivity contribution in [2.45, 2.75) is 6.42 Å². The van der Waals surface area contributed by atoms with Crippen LogP contribution in [0.25, 0.3) is 0 Å². The van der Waals surface area contributed by atoms with Gasteiger partial charge in [-0.2, -0.15) is 0 Å². The van der Waals surface area contributed by atoms with Crippen molar-refractivity contribution < 1.29 is 14.3 Å². The molecule has 8 nitrogen and oxygen atoms in total. The lowest BCUT2D eigenvalue weighted by Gasteiger charge is -2.33. The second-order valence-electron chi connectivity index (χ2n) is 6.21. The Morgan fingerprint density at radius 2 is 1.96 bits per heavy atom. The Labute approximate surface area is 158 Å². The second-order valence-corrected chi connectivity index (χ2v) is 6.21. The third kappa shape index (κ3) is 4.72. The molecule has 2 aromatic rings. The number of methoxy groups -OCH3 is 1. The van der Waals surface area contributed by atoms with Gasteiger partial charge in [-0.1, -0.05) is 18.2 Å². The first-order chi connectivity index (χ1) is 13.2. The van der Waals surface area contributed by atoms with Crippen molar-refractivity contribution in [3.63, 3.8) is 0 Å². The van der Waals surface area contributed by atoms with Crippen molar-refractivity contribution in [1.82, 2.24) is 20.2 Å². The van der Waals surface area contributed by atoms with E-state index in [1.807, 2.05) is 24.3 Å². The summed E-state index contributed by atoms with van der Waals surface area (Å²) in [5, 5.41) is 2.86. The molecule has 2 heterocycles. The lowest BCUT2D eigenvalue weighted by Crippen LogP contribution is -2.46. The SMILES string of the molecule is COc1ccccc1CCNC(=O)c1cnc(N2CCN(C=O)CC2)cn1. The summed E-state index contributed by atoms with van der Waals surface area (Å²) in [5.41, 5.74) is 1.32. The van der Waals surface area contributed by atoms with Gasteiger partial charge in [0.25, 0.3) is 5.91 Å². The Morgan fingerprint density at radius 3 is 2.63 bits per heavy atom. The molecule has 1 aromatic carbocycles. The number of carbonyl (C=O) groups is 2. The van der Waals surface area contributed by atoms with Crippen molar-refractivity contribution >= 4 is 18.1 Å². The summed E-state index contributed by atoms with van der Waals surface area (Å²) in [4.78, 5) is 35.4. The van der Waals surface area contributed by atoms with E-state index in [1.165, 1.54) is 6.20 Å². The predicted molar refractivity (Wildman–Crippen MR) is 101 cm³/mol. The van der Waals surface area contributed by atoms with Crippen LogP contribution in [0.1, 0.15) is 16.1 Å². The molecular weight excluding hydrogens is 346 g/mol. The van der Waals surface area contributed by atoms with Crippen LogP contribution < -0.4 is 15.0 Å². The molecule has 1 saturated heterocycles. The molecule has 0 bridgehead atoms. The van der Waals surface area contributed by atoms with Crippen molar-refractivity contribution in [3.05, 3.63) is 47.9 Å².